The number of hydrogen-bond donors (Lipinski definition) is 3. The largest absolute Gasteiger partial charge is 0.469 e. The molecule has 3 heterocycles. The summed E-state index contributed by atoms with van der Waals surface area (Å²) in [5, 5.41) is 9.44. The molecule has 3 rings (SSSR count). The second-order valence-electron chi connectivity index (χ2n) is 6.51. The van der Waals surface area contributed by atoms with Crippen molar-refractivity contribution in [1.29, 1.82) is 0 Å². The van der Waals surface area contributed by atoms with Gasteiger partial charge in [-0.1, -0.05) is 0 Å². The number of carbonyl (C=O) groups excluding carboxylic acids is 1. The van der Waals surface area contributed by atoms with E-state index in [0.717, 1.165) is 0 Å². The molecule has 3 aliphatic heterocycles. The van der Waals surface area contributed by atoms with Crippen LogP contribution in [0.2, 0.25) is 0 Å². The van der Waals surface area contributed by atoms with Gasteiger partial charge in [0, 0.05) is 27.6 Å². The van der Waals surface area contributed by atoms with Crippen LogP contribution in [-0.4, -0.2) is 99.9 Å². The number of likely N-dealkylation sites (N-methyl/N-ethyl adjacent to an activating group) is 2. The summed E-state index contributed by atoms with van der Waals surface area (Å²) in [5.41, 5.74) is 0.541. The van der Waals surface area contributed by atoms with Gasteiger partial charge in [-0.3, -0.25) is 9.32 Å². The molecule has 25 heavy (non-hydrogen) atoms. The minimum Gasteiger partial charge on any atom is -0.394 e. The molecule has 0 aliphatic carbocycles. The van der Waals surface area contributed by atoms with Gasteiger partial charge in [0.25, 0.3) is 5.91 Å². The van der Waals surface area contributed by atoms with Gasteiger partial charge in [-0.15, -0.1) is 0 Å². The molecule has 0 aromatic heterocycles. The predicted octanol–water partition coefficient (Wildman–Crippen LogP) is -1.69. The van der Waals surface area contributed by atoms with Crippen LogP contribution in [0.4, 0.5) is 0 Å². The monoisotopic (exact) mass is 378 g/mol. The van der Waals surface area contributed by atoms with Gasteiger partial charge in [-0.25, -0.2) is 4.57 Å². The van der Waals surface area contributed by atoms with Crippen LogP contribution in [0.1, 0.15) is 6.42 Å². The molecule has 0 aromatic rings. The van der Waals surface area contributed by atoms with Gasteiger partial charge in [-0.2, -0.15) is 0 Å². The van der Waals surface area contributed by atoms with E-state index in [2.05, 4.69) is 0 Å². The van der Waals surface area contributed by atoms with Crippen LogP contribution >= 0.6 is 7.82 Å². The summed E-state index contributed by atoms with van der Waals surface area (Å²) in [5.74, 6) is 0.599. The SMILES string of the molecule is CN1CN(C)C2=C(C1=O)N(C)CN2[C@H]1C[C@H](OP(=O)(O)O)[C@@H](CO)O1. The van der Waals surface area contributed by atoms with Crippen molar-refractivity contribution < 1.29 is 33.5 Å². The summed E-state index contributed by atoms with van der Waals surface area (Å²) < 4.78 is 21.6. The Balaban J connectivity index is 1.84. The van der Waals surface area contributed by atoms with E-state index in [9.17, 15) is 14.5 Å². The molecule has 0 spiro atoms. The molecule has 0 saturated carbocycles. The molecule has 1 saturated heterocycles. The van der Waals surface area contributed by atoms with Crippen molar-refractivity contribution in [2.75, 3.05) is 41.1 Å². The Hall–Kier alpha value is -1.36. The number of nitrogens with zero attached hydrogens (tertiary/aromatic N) is 4. The van der Waals surface area contributed by atoms with Gasteiger partial charge < -0.3 is 39.2 Å². The predicted molar refractivity (Wildman–Crippen MR) is 84.2 cm³/mol. The summed E-state index contributed by atoms with van der Waals surface area (Å²) in [7, 11) is 0.669. The summed E-state index contributed by atoms with van der Waals surface area (Å²) in [6.07, 6.45) is -2.18. The highest BCUT2D eigenvalue weighted by molar-refractivity contribution is 7.46. The van der Waals surface area contributed by atoms with Gasteiger partial charge in [0.05, 0.1) is 19.9 Å². The maximum absolute atomic E-state index is 12.5. The lowest BCUT2D eigenvalue weighted by atomic mass is 10.2. The smallest absolute Gasteiger partial charge is 0.394 e. The zero-order valence-corrected chi connectivity index (χ0v) is 15.2. The number of aliphatic hydroxyl groups excluding tert-OH is 1. The van der Waals surface area contributed by atoms with Crippen LogP contribution < -0.4 is 0 Å². The first-order chi connectivity index (χ1) is 11.6. The Labute approximate surface area is 145 Å². The Morgan fingerprint density at radius 2 is 1.88 bits per heavy atom. The molecule has 11 nitrogen and oxygen atoms in total. The third-order valence-electron chi connectivity index (χ3n) is 4.55. The number of phosphoric acid groups is 1. The number of aliphatic hydroxyl groups is 1. The summed E-state index contributed by atoms with van der Waals surface area (Å²) in [6, 6.07) is 0. The zero-order valence-electron chi connectivity index (χ0n) is 14.3. The molecule has 12 heteroatoms. The average Bonchev–Trinajstić information content (AvgIpc) is 3.04. The van der Waals surface area contributed by atoms with Crippen molar-refractivity contribution >= 4 is 13.7 Å². The van der Waals surface area contributed by atoms with Crippen molar-refractivity contribution in [2.24, 2.45) is 0 Å². The summed E-state index contributed by atoms with van der Waals surface area (Å²) in [6.45, 7) is 0.384. The van der Waals surface area contributed by atoms with E-state index in [4.69, 9.17) is 19.0 Å². The Morgan fingerprint density at radius 1 is 1.20 bits per heavy atom. The van der Waals surface area contributed by atoms with Crippen LogP contribution in [0.25, 0.3) is 0 Å². The lowest BCUT2D eigenvalue weighted by Crippen LogP contribution is -2.47. The molecule has 1 fully saturated rings. The van der Waals surface area contributed by atoms with E-state index >= 15 is 0 Å². The molecule has 0 unspecified atom stereocenters. The standard InChI is InChI=1S/C13H23N4O7P/c1-14-7-17(12-11(14)13(19)16(3)6-15(12)2)10-4-8(9(5-18)23-10)24-25(20,21)22/h8-10,18H,4-7H2,1-3H3,(H2,20,21,22)/t8-,9+,10+/m0/s1. The molecule has 3 N–H and O–H groups in total. The Bertz CT molecular complexity index is 638. The van der Waals surface area contributed by atoms with Crippen LogP contribution in [-0.2, 0) is 18.6 Å². The third-order valence-corrected chi connectivity index (χ3v) is 5.09. The fraction of sp³-hybridized carbons (Fsp3) is 0.769. The van der Waals surface area contributed by atoms with E-state index in [0.29, 0.717) is 24.9 Å². The number of carbonyl (C=O) groups is 1. The fourth-order valence-electron chi connectivity index (χ4n) is 3.53. The minimum absolute atomic E-state index is 0.0992. The van der Waals surface area contributed by atoms with Gasteiger partial charge in [0.2, 0.25) is 0 Å². The molecule has 1 amide bonds. The fourth-order valence-corrected chi connectivity index (χ4v) is 4.11. The molecule has 0 aromatic carbocycles. The first-order valence-corrected chi connectivity index (χ1v) is 9.34. The molecular formula is C13H23N4O7P. The van der Waals surface area contributed by atoms with Crippen molar-refractivity contribution in [3.63, 3.8) is 0 Å². The number of phosphoric ester groups is 1. The highest BCUT2D eigenvalue weighted by atomic mass is 31.2. The van der Waals surface area contributed by atoms with Gasteiger partial charge >= 0.3 is 7.82 Å². The van der Waals surface area contributed by atoms with Crippen LogP contribution in [0.15, 0.2) is 11.5 Å². The van der Waals surface area contributed by atoms with Gasteiger partial charge in [0.1, 0.15) is 30.0 Å². The number of amides is 1. The Kier molecular flexibility index (Phi) is 4.73. The normalized spacial score (nSPS) is 30.6. The van der Waals surface area contributed by atoms with Crippen LogP contribution in [0.5, 0.6) is 0 Å². The molecule has 142 valence electrons. The Morgan fingerprint density at radius 3 is 2.48 bits per heavy atom. The third kappa shape index (κ3) is 3.35. The number of rotatable bonds is 4. The summed E-state index contributed by atoms with van der Waals surface area (Å²) >= 11 is 0. The first-order valence-electron chi connectivity index (χ1n) is 7.81. The van der Waals surface area contributed by atoms with E-state index < -0.39 is 32.9 Å². The molecular weight excluding hydrogens is 355 g/mol. The van der Waals surface area contributed by atoms with Crippen molar-refractivity contribution in [1.82, 2.24) is 19.6 Å². The maximum atomic E-state index is 12.5. The first kappa shape index (κ1) is 18.4. The molecule has 0 radical (unpaired) electrons. The molecule has 3 atom stereocenters. The van der Waals surface area contributed by atoms with Gasteiger partial charge in [0.15, 0.2) is 0 Å². The van der Waals surface area contributed by atoms with Crippen LogP contribution in [0, 0.1) is 0 Å². The maximum Gasteiger partial charge on any atom is 0.469 e. The topological polar surface area (TPSA) is 126 Å². The highest BCUT2D eigenvalue weighted by Gasteiger charge is 2.47. The van der Waals surface area contributed by atoms with Crippen molar-refractivity contribution in [3.8, 4) is 0 Å². The lowest BCUT2D eigenvalue weighted by molar-refractivity contribution is -0.130. The number of hydrogen-bond acceptors (Lipinski definition) is 8. The zero-order chi connectivity index (χ0) is 18.5. The quantitative estimate of drug-likeness (QED) is 0.488. The van der Waals surface area contributed by atoms with Crippen molar-refractivity contribution in [2.45, 2.75) is 24.9 Å². The minimum atomic E-state index is -4.70. The molecule has 0 bridgehead atoms. The lowest BCUT2D eigenvalue weighted by Gasteiger charge is -2.37. The number of ether oxygens (including phenoxy) is 1. The second-order valence-corrected chi connectivity index (χ2v) is 7.70. The molecule has 3 aliphatic rings. The second kappa shape index (κ2) is 6.42. The summed E-state index contributed by atoms with van der Waals surface area (Å²) in [4.78, 5) is 37.7. The van der Waals surface area contributed by atoms with Crippen LogP contribution in [0.3, 0.4) is 0 Å². The average molecular weight is 378 g/mol. The van der Waals surface area contributed by atoms with E-state index in [1.54, 1.807) is 23.9 Å². The van der Waals surface area contributed by atoms with E-state index in [-0.39, 0.29) is 12.3 Å². The van der Waals surface area contributed by atoms with E-state index in [1.165, 1.54) is 0 Å². The highest BCUT2D eigenvalue weighted by Crippen LogP contribution is 2.43. The van der Waals surface area contributed by atoms with E-state index in [1.807, 2.05) is 16.8 Å². The van der Waals surface area contributed by atoms with Gasteiger partial charge in [-0.05, 0) is 0 Å². The van der Waals surface area contributed by atoms with Crippen molar-refractivity contribution in [3.05, 3.63) is 11.5 Å².